The van der Waals surface area contributed by atoms with Gasteiger partial charge in [-0.1, -0.05) is 19.8 Å². The lowest BCUT2D eigenvalue weighted by atomic mass is 9.86. The van der Waals surface area contributed by atoms with Crippen LogP contribution in [0.4, 0.5) is 0 Å². The van der Waals surface area contributed by atoms with Crippen molar-refractivity contribution < 1.29 is 23.8 Å². The molecule has 0 unspecified atom stereocenters. The fraction of sp³-hybridized carbons (Fsp3) is 0.714. The van der Waals surface area contributed by atoms with E-state index in [0.29, 0.717) is 19.1 Å². The molecule has 112 valence electrons. The molecule has 1 heterocycles. The molecular formula is C14H21NO5. The van der Waals surface area contributed by atoms with Crippen molar-refractivity contribution in [3.8, 4) is 0 Å². The first-order chi connectivity index (χ1) is 9.66. The molecule has 0 bridgehead atoms. The van der Waals surface area contributed by atoms with E-state index < -0.39 is 5.97 Å². The van der Waals surface area contributed by atoms with Gasteiger partial charge in [0.05, 0.1) is 0 Å². The topological polar surface area (TPSA) is 73.9 Å². The molecule has 2 aliphatic rings. The highest BCUT2D eigenvalue weighted by molar-refractivity contribution is 5.88. The summed E-state index contributed by atoms with van der Waals surface area (Å²) >= 11 is 0. The number of carbonyl (C=O) groups is 2. The number of carbonyl (C=O) groups excluding carboxylic acids is 2. The Balaban J connectivity index is 1.71. The third kappa shape index (κ3) is 4.15. The van der Waals surface area contributed by atoms with Gasteiger partial charge in [0.1, 0.15) is 19.5 Å². The number of nitrogens with one attached hydrogen (secondary N) is 1. The normalized spacial score (nSPS) is 25.8. The predicted molar refractivity (Wildman–Crippen MR) is 70.5 cm³/mol. The molecule has 1 amide bonds. The maximum Gasteiger partial charge on any atom is 0.377 e. The quantitative estimate of drug-likeness (QED) is 0.782. The highest BCUT2D eigenvalue weighted by atomic mass is 16.6. The molecule has 20 heavy (non-hydrogen) atoms. The number of ether oxygens (including phenoxy) is 3. The van der Waals surface area contributed by atoms with E-state index in [1.807, 2.05) is 0 Å². The highest BCUT2D eigenvalue weighted by Crippen LogP contribution is 2.23. The fourth-order valence-corrected chi connectivity index (χ4v) is 2.46. The zero-order chi connectivity index (χ0) is 14.4. The summed E-state index contributed by atoms with van der Waals surface area (Å²) in [7, 11) is 0. The molecule has 1 aliphatic carbocycles. The van der Waals surface area contributed by atoms with Gasteiger partial charge in [-0.2, -0.15) is 0 Å². The van der Waals surface area contributed by atoms with E-state index >= 15 is 0 Å². The van der Waals surface area contributed by atoms with Crippen molar-refractivity contribution in [3.05, 3.63) is 12.0 Å². The average Bonchev–Trinajstić information content (AvgIpc) is 2.48. The third-order valence-electron chi connectivity index (χ3n) is 3.64. The van der Waals surface area contributed by atoms with E-state index in [-0.39, 0.29) is 24.3 Å². The lowest BCUT2D eigenvalue weighted by Crippen LogP contribution is -2.43. The van der Waals surface area contributed by atoms with E-state index in [9.17, 15) is 9.59 Å². The van der Waals surface area contributed by atoms with E-state index in [0.717, 1.165) is 19.3 Å². The Bertz CT molecular complexity index is 393. The Kier molecular flexibility index (Phi) is 5.26. The van der Waals surface area contributed by atoms with E-state index in [4.69, 9.17) is 14.2 Å². The van der Waals surface area contributed by atoms with Crippen LogP contribution in [0.3, 0.4) is 0 Å². The van der Waals surface area contributed by atoms with Gasteiger partial charge in [0, 0.05) is 6.04 Å². The van der Waals surface area contributed by atoms with Crippen molar-refractivity contribution in [1.82, 2.24) is 5.32 Å². The van der Waals surface area contributed by atoms with Crippen LogP contribution in [0.15, 0.2) is 12.0 Å². The highest BCUT2D eigenvalue weighted by Gasteiger charge is 2.24. The van der Waals surface area contributed by atoms with Gasteiger partial charge in [-0.25, -0.2) is 4.79 Å². The Hall–Kier alpha value is -1.72. The molecule has 6 nitrogen and oxygen atoms in total. The summed E-state index contributed by atoms with van der Waals surface area (Å²) in [5, 5.41) is 2.92. The molecule has 1 saturated carbocycles. The molecule has 6 heteroatoms. The standard InChI is InChI=1S/C14H21NO5/c1-10-4-2-3-5-11(10)15-13(16)9-20-14(17)12-8-18-6-7-19-12/h8,10-11H,2-7,9H2,1H3,(H,15,16)/t10-,11+/m0/s1. The number of amides is 1. The summed E-state index contributed by atoms with van der Waals surface area (Å²) in [6, 6.07) is 0.184. The molecule has 2 rings (SSSR count). The average molecular weight is 283 g/mol. The van der Waals surface area contributed by atoms with Crippen LogP contribution in [0.5, 0.6) is 0 Å². The lowest BCUT2D eigenvalue weighted by Gasteiger charge is -2.29. The smallest absolute Gasteiger partial charge is 0.377 e. The van der Waals surface area contributed by atoms with Crippen LogP contribution < -0.4 is 5.32 Å². The third-order valence-corrected chi connectivity index (χ3v) is 3.64. The summed E-state index contributed by atoms with van der Waals surface area (Å²) in [4.78, 5) is 23.3. The first-order valence-electron chi connectivity index (χ1n) is 7.08. The van der Waals surface area contributed by atoms with Crippen molar-refractivity contribution in [2.45, 2.75) is 38.6 Å². The summed E-state index contributed by atoms with van der Waals surface area (Å²) in [5.74, 6) is -0.456. The van der Waals surface area contributed by atoms with E-state index in [1.165, 1.54) is 12.7 Å². The fourth-order valence-electron chi connectivity index (χ4n) is 2.46. The van der Waals surface area contributed by atoms with Crippen molar-refractivity contribution in [2.24, 2.45) is 5.92 Å². The Labute approximate surface area is 118 Å². The minimum atomic E-state index is -0.670. The Morgan fingerprint density at radius 2 is 2.15 bits per heavy atom. The van der Waals surface area contributed by atoms with Crippen LogP contribution in [0, 0.1) is 5.92 Å². The van der Waals surface area contributed by atoms with Crippen LogP contribution in [-0.4, -0.2) is 37.7 Å². The van der Waals surface area contributed by atoms with Crippen LogP contribution in [0.2, 0.25) is 0 Å². The van der Waals surface area contributed by atoms with Gasteiger partial charge < -0.3 is 19.5 Å². The Morgan fingerprint density at radius 1 is 1.35 bits per heavy atom. The van der Waals surface area contributed by atoms with Gasteiger partial charge >= 0.3 is 5.97 Å². The summed E-state index contributed by atoms with van der Waals surface area (Å²) in [6.07, 6.45) is 5.68. The van der Waals surface area contributed by atoms with Crippen LogP contribution in [-0.2, 0) is 23.8 Å². The van der Waals surface area contributed by atoms with Crippen molar-refractivity contribution >= 4 is 11.9 Å². The van der Waals surface area contributed by atoms with Crippen molar-refractivity contribution in [1.29, 1.82) is 0 Å². The van der Waals surface area contributed by atoms with Gasteiger partial charge in [-0.3, -0.25) is 4.79 Å². The second-order valence-corrected chi connectivity index (χ2v) is 5.21. The van der Waals surface area contributed by atoms with Gasteiger partial charge in [-0.15, -0.1) is 0 Å². The second-order valence-electron chi connectivity index (χ2n) is 5.21. The molecule has 1 N–H and O–H groups in total. The molecule has 0 aromatic rings. The van der Waals surface area contributed by atoms with Gasteiger partial charge in [0.2, 0.25) is 5.76 Å². The van der Waals surface area contributed by atoms with Crippen LogP contribution in [0.1, 0.15) is 32.6 Å². The zero-order valence-electron chi connectivity index (χ0n) is 11.7. The molecular weight excluding hydrogens is 262 g/mol. The van der Waals surface area contributed by atoms with Crippen LogP contribution in [0.25, 0.3) is 0 Å². The van der Waals surface area contributed by atoms with Crippen molar-refractivity contribution in [3.63, 3.8) is 0 Å². The maximum atomic E-state index is 11.8. The molecule has 2 atom stereocenters. The molecule has 1 aliphatic heterocycles. The van der Waals surface area contributed by atoms with Gasteiger partial charge in [-0.05, 0) is 18.8 Å². The number of hydrogen-bond donors (Lipinski definition) is 1. The summed E-state index contributed by atoms with van der Waals surface area (Å²) in [6.45, 7) is 2.57. The summed E-state index contributed by atoms with van der Waals surface area (Å²) < 4.78 is 14.9. The minimum Gasteiger partial charge on any atom is -0.493 e. The monoisotopic (exact) mass is 283 g/mol. The predicted octanol–water partition coefficient (Wildman–Crippen LogP) is 1.11. The Morgan fingerprint density at radius 3 is 2.85 bits per heavy atom. The minimum absolute atomic E-state index is 0.00934. The first kappa shape index (κ1) is 14.7. The van der Waals surface area contributed by atoms with Gasteiger partial charge in [0.15, 0.2) is 6.61 Å². The SMILES string of the molecule is C[C@H]1CCCC[C@H]1NC(=O)COC(=O)C1=COCCO1. The van der Waals surface area contributed by atoms with E-state index in [2.05, 4.69) is 12.2 Å². The number of rotatable bonds is 4. The largest absolute Gasteiger partial charge is 0.493 e. The summed E-state index contributed by atoms with van der Waals surface area (Å²) in [5.41, 5.74) is 0. The molecule has 0 spiro atoms. The molecule has 0 aromatic carbocycles. The van der Waals surface area contributed by atoms with E-state index in [1.54, 1.807) is 0 Å². The van der Waals surface area contributed by atoms with Gasteiger partial charge in [0.25, 0.3) is 5.91 Å². The molecule has 0 aromatic heterocycles. The maximum absolute atomic E-state index is 11.8. The number of hydrogen-bond acceptors (Lipinski definition) is 5. The van der Waals surface area contributed by atoms with Crippen molar-refractivity contribution in [2.75, 3.05) is 19.8 Å². The molecule has 1 fully saturated rings. The van der Waals surface area contributed by atoms with Crippen LogP contribution >= 0.6 is 0 Å². The zero-order valence-corrected chi connectivity index (χ0v) is 11.7. The lowest BCUT2D eigenvalue weighted by molar-refractivity contribution is -0.149. The number of esters is 1. The molecule has 0 radical (unpaired) electrons. The first-order valence-corrected chi connectivity index (χ1v) is 7.08. The second kappa shape index (κ2) is 7.17. The molecule has 0 saturated heterocycles.